The van der Waals surface area contributed by atoms with Crippen LogP contribution in [-0.2, 0) is 4.79 Å². The van der Waals surface area contributed by atoms with Crippen LogP contribution in [-0.4, -0.2) is 32.1 Å². The van der Waals surface area contributed by atoms with Gasteiger partial charge in [-0.05, 0) is 12.1 Å². The Labute approximate surface area is 161 Å². The van der Waals surface area contributed by atoms with Crippen molar-refractivity contribution in [3.05, 3.63) is 66.5 Å². The van der Waals surface area contributed by atoms with Gasteiger partial charge in [-0.2, -0.15) is 0 Å². The van der Waals surface area contributed by atoms with E-state index in [0.29, 0.717) is 17.3 Å². The number of hydrogen-bond donors (Lipinski definition) is 2. The molecule has 0 radical (unpaired) electrons. The number of rotatable bonds is 4. The maximum absolute atomic E-state index is 11.5. The van der Waals surface area contributed by atoms with Crippen molar-refractivity contribution in [1.29, 1.82) is 0 Å². The van der Waals surface area contributed by atoms with Gasteiger partial charge in [-0.15, -0.1) is 10.2 Å². The van der Waals surface area contributed by atoms with Gasteiger partial charge in [-0.25, -0.2) is 9.97 Å². The summed E-state index contributed by atoms with van der Waals surface area (Å²) in [6.45, 7) is 1.48. The highest BCUT2D eigenvalue weighted by Crippen LogP contribution is 2.29. The summed E-state index contributed by atoms with van der Waals surface area (Å²) in [6, 6.07) is 9.21. The third kappa shape index (κ3) is 3.52. The lowest BCUT2D eigenvalue weighted by molar-refractivity contribution is -0.119. The van der Waals surface area contributed by atoms with Gasteiger partial charge in [0, 0.05) is 18.4 Å². The van der Waals surface area contributed by atoms with Gasteiger partial charge < -0.3 is 15.5 Å². The summed E-state index contributed by atoms with van der Waals surface area (Å²) in [7, 11) is 0. The van der Waals surface area contributed by atoms with E-state index in [1.165, 1.54) is 6.92 Å². The lowest BCUT2D eigenvalue weighted by Crippen LogP contribution is -2.37. The fourth-order valence-corrected chi connectivity index (χ4v) is 3.01. The number of anilines is 1. The van der Waals surface area contributed by atoms with E-state index >= 15 is 0 Å². The Morgan fingerprint density at radius 1 is 1.11 bits per heavy atom. The fourth-order valence-electron chi connectivity index (χ4n) is 3.01. The number of nitrogens with two attached hydrogens (primary N) is 1. The molecule has 1 amide bonds. The largest absolute Gasteiger partial charge is 0.414 e. The number of nitrogens with zero attached hydrogens (tertiary/aromatic N) is 4. The predicted octanol–water partition coefficient (Wildman–Crippen LogP) is 2.49. The standard InChI is InChI=1S/C20H18N6O2/c1-12(27)23-15-10-6-5-9-14(15)16-11-22-18(21)17(24-16)20-26-25-19(28-20)13-7-3-2-4-8-13/h2-11,14-15H,1H3,(H2,21,22)(H,23,27). The van der Waals surface area contributed by atoms with Gasteiger partial charge in [0.2, 0.25) is 11.8 Å². The molecule has 4 rings (SSSR count). The van der Waals surface area contributed by atoms with E-state index in [0.717, 1.165) is 5.56 Å². The molecule has 0 aliphatic heterocycles. The number of allylic oxidation sites excluding steroid dienone is 2. The Balaban J connectivity index is 1.68. The van der Waals surface area contributed by atoms with Crippen LogP contribution < -0.4 is 11.1 Å². The zero-order chi connectivity index (χ0) is 19.5. The molecule has 2 unspecified atom stereocenters. The quantitative estimate of drug-likeness (QED) is 0.720. The number of carbonyl (C=O) groups is 1. The summed E-state index contributed by atoms with van der Waals surface area (Å²) in [4.78, 5) is 20.4. The van der Waals surface area contributed by atoms with E-state index in [1.807, 2.05) is 54.6 Å². The summed E-state index contributed by atoms with van der Waals surface area (Å²) in [5.74, 6) is 0.453. The maximum atomic E-state index is 11.5. The predicted molar refractivity (Wildman–Crippen MR) is 104 cm³/mol. The van der Waals surface area contributed by atoms with Crippen molar-refractivity contribution in [2.75, 3.05) is 5.73 Å². The highest BCUT2D eigenvalue weighted by atomic mass is 16.4. The summed E-state index contributed by atoms with van der Waals surface area (Å²) < 4.78 is 5.76. The second kappa shape index (κ2) is 7.43. The fraction of sp³-hybridized carbons (Fsp3) is 0.150. The second-order valence-electron chi connectivity index (χ2n) is 6.33. The highest BCUT2D eigenvalue weighted by Gasteiger charge is 2.25. The van der Waals surface area contributed by atoms with Crippen molar-refractivity contribution in [3.63, 3.8) is 0 Å². The number of aromatic nitrogens is 4. The van der Waals surface area contributed by atoms with Gasteiger partial charge in [-0.3, -0.25) is 4.79 Å². The molecular weight excluding hydrogens is 356 g/mol. The van der Waals surface area contributed by atoms with E-state index in [9.17, 15) is 4.79 Å². The third-order valence-electron chi connectivity index (χ3n) is 4.31. The number of hydrogen-bond acceptors (Lipinski definition) is 7. The highest BCUT2D eigenvalue weighted by molar-refractivity contribution is 5.74. The molecule has 28 heavy (non-hydrogen) atoms. The van der Waals surface area contributed by atoms with Crippen LogP contribution in [0.3, 0.4) is 0 Å². The first-order valence-electron chi connectivity index (χ1n) is 8.75. The molecule has 3 N–H and O–H groups in total. The van der Waals surface area contributed by atoms with Crippen LogP contribution in [0.2, 0.25) is 0 Å². The Bertz CT molecular complexity index is 1060. The summed E-state index contributed by atoms with van der Waals surface area (Å²) in [5, 5.41) is 11.1. The third-order valence-corrected chi connectivity index (χ3v) is 4.31. The molecule has 8 heteroatoms. The van der Waals surface area contributed by atoms with Gasteiger partial charge in [0.05, 0.1) is 17.9 Å². The van der Waals surface area contributed by atoms with Gasteiger partial charge in [-0.1, -0.05) is 42.5 Å². The number of amides is 1. The molecule has 8 nitrogen and oxygen atoms in total. The van der Waals surface area contributed by atoms with Crippen molar-refractivity contribution < 1.29 is 9.21 Å². The Morgan fingerprint density at radius 3 is 2.64 bits per heavy atom. The lowest BCUT2D eigenvalue weighted by atomic mass is 9.92. The molecule has 140 valence electrons. The van der Waals surface area contributed by atoms with Crippen LogP contribution in [0.25, 0.3) is 23.0 Å². The van der Waals surface area contributed by atoms with Gasteiger partial charge in [0.1, 0.15) is 0 Å². The van der Waals surface area contributed by atoms with E-state index < -0.39 is 0 Å². The molecule has 3 aromatic rings. The number of carbonyl (C=O) groups excluding carboxylic acids is 1. The summed E-state index contributed by atoms with van der Waals surface area (Å²) >= 11 is 0. The molecule has 2 atom stereocenters. The van der Waals surface area contributed by atoms with Crippen molar-refractivity contribution in [2.45, 2.75) is 18.9 Å². The topological polar surface area (TPSA) is 120 Å². The lowest BCUT2D eigenvalue weighted by Gasteiger charge is -2.24. The van der Waals surface area contributed by atoms with Crippen LogP contribution in [0.5, 0.6) is 0 Å². The molecule has 1 aliphatic carbocycles. The van der Waals surface area contributed by atoms with Crippen LogP contribution in [0.4, 0.5) is 5.82 Å². The molecule has 2 aromatic heterocycles. The molecule has 2 heterocycles. The number of nitrogen functional groups attached to an aromatic ring is 1. The molecule has 0 fully saturated rings. The maximum Gasteiger partial charge on any atom is 0.270 e. The summed E-state index contributed by atoms with van der Waals surface area (Å²) in [6.07, 6.45) is 9.24. The van der Waals surface area contributed by atoms with Gasteiger partial charge in [0.25, 0.3) is 5.89 Å². The van der Waals surface area contributed by atoms with Crippen molar-refractivity contribution in [2.24, 2.45) is 0 Å². The van der Waals surface area contributed by atoms with Crippen LogP contribution in [0.1, 0.15) is 18.5 Å². The average molecular weight is 374 g/mol. The zero-order valence-electron chi connectivity index (χ0n) is 15.1. The van der Waals surface area contributed by atoms with Crippen molar-refractivity contribution in [1.82, 2.24) is 25.5 Å². The Morgan fingerprint density at radius 2 is 1.86 bits per heavy atom. The first kappa shape index (κ1) is 17.6. The molecule has 0 saturated carbocycles. The molecule has 0 spiro atoms. The Kier molecular flexibility index (Phi) is 4.67. The molecule has 1 aliphatic rings. The van der Waals surface area contributed by atoms with E-state index in [-0.39, 0.29) is 29.6 Å². The van der Waals surface area contributed by atoms with Crippen LogP contribution in [0, 0.1) is 0 Å². The van der Waals surface area contributed by atoms with Crippen molar-refractivity contribution in [3.8, 4) is 23.0 Å². The molecule has 0 bridgehead atoms. The SMILES string of the molecule is CC(=O)NC1C=CC=CC1c1cnc(N)c(-c2nnc(-c3ccccc3)o2)n1. The van der Waals surface area contributed by atoms with E-state index in [2.05, 4.69) is 25.5 Å². The van der Waals surface area contributed by atoms with E-state index in [1.54, 1.807) is 6.20 Å². The first-order valence-corrected chi connectivity index (χ1v) is 8.75. The minimum atomic E-state index is -0.226. The number of nitrogens with one attached hydrogen (secondary N) is 1. The van der Waals surface area contributed by atoms with Crippen LogP contribution in [0.15, 0.2) is 65.2 Å². The molecule has 1 aromatic carbocycles. The molecule has 0 saturated heterocycles. The molecular formula is C20H18N6O2. The van der Waals surface area contributed by atoms with Gasteiger partial charge in [0.15, 0.2) is 11.5 Å². The van der Waals surface area contributed by atoms with E-state index in [4.69, 9.17) is 10.2 Å². The second-order valence-corrected chi connectivity index (χ2v) is 6.33. The minimum absolute atomic E-state index is 0.122. The first-order chi connectivity index (χ1) is 13.6. The average Bonchev–Trinajstić information content (AvgIpc) is 3.19. The zero-order valence-corrected chi connectivity index (χ0v) is 15.1. The normalized spacial score (nSPS) is 18.2. The summed E-state index contributed by atoms with van der Waals surface area (Å²) in [5.41, 5.74) is 7.77. The van der Waals surface area contributed by atoms with Crippen molar-refractivity contribution >= 4 is 11.7 Å². The Hall–Kier alpha value is -3.81. The number of benzene rings is 1. The monoisotopic (exact) mass is 374 g/mol. The van der Waals surface area contributed by atoms with Gasteiger partial charge >= 0.3 is 0 Å². The smallest absolute Gasteiger partial charge is 0.270 e. The van der Waals surface area contributed by atoms with Crippen LogP contribution >= 0.6 is 0 Å². The minimum Gasteiger partial charge on any atom is -0.414 e.